The number of nitrogens with zero attached hydrogens (tertiary/aromatic N) is 1. The summed E-state index contributed by atoms with van der Waals surface area (Å²) < 4.78 is 5.24. The highest BCUT2D eigenvalue weighted by Gasteiger charge is 2.20. The summed E-state index contributed by atoms with van der Waals surface area (Å²) in [5.41, 5.74) is 5.98. The van der Waals surface area contributed by atoms with E-state index in [0.717, 1.165) is 5.69 Å². The Kier molecular flexibility index (Phi) is 5.62. The van der Waals surface area contributed by atoms with Crippen LogP contribution >= 0.6 is 22.7 Å². The van der Waals surface area contributed by atoms with Crippen LogP contribution in [0.4, 0.5) is 17.1 Å². The molecular weight excluding hydrogens is 559 g/mol. The zero-order valence-corrected chi connectivity index (χ0v) is 24.8. The topological polar surface area (TPSA) is 3.24 Å². The van der Waals surface area contributed by atoms with Crippen molar-refractivity contribution in [2.24, 2.45) is 0 Å². The molecule has 2 heterocycles. The minimum atomic E-state index is 1.15. The van der Waals surface area contributed by atoms with Crippen LogP contribution in [0, 0.1) is 0 Å². The zero-order valence-electron chi connectivity index (χ0n) is 23.2. The summed E-state index contributed by atoms with van der Waals surface area (Å²) in [5, 5.41) is 7.78. The van der Waals surface area contributed by atoms with Crippen molar-refractivity contribution in [3.8, 4) is 11.1 Å². The summed E-state index contributed by atoms with van der Waals surface area (Å²) in [5.74, 6) is 0. The van der Waals surface area contributed by atoms with Gasteiger partial charge in [-0.15, -0.1) is 22.7 Å². The first-order valence-electron chi connectivity index (χ1n) is 14.5. The Labute approximate surface area is 257 Å². The molecule has 9 rings (SSSR count). The van der Waals surface area contributed by atoms with Crippen LogP contribution in [-0.2, 0) is 0 Å². The standard InChI is InChI=1S/C40H25NS2/c1-2-14-30-26(10-1)11-8-17-31(30)27-12-7-13-28(24-27)41(29-22-23-34-32-15-3-5-20-37(32)42-39(34)25-29)36-19-9-18-35-33-16-4-6-21-38(33)43-40(35)36/h1-25H. The van der Waals surface area contributed by atoms with E-state index >= 15 is 0 Å². The van der Waals surface area contributed by atoms with Crippen LogP contribution in [0.1, 0.15) is 0 Å². The van der Waals surface area contributed by atoms with Gasteiger partial charge in [-0.3, -0.25) is 0 Å². The largest absolute Gasteiger partial charge is 0.309 e. The SMILES string of the molecule is c1cc(-c2cccc3ccccc23)cc(N(c2ccc3c(c2)sc2ccccc23)c2cccc3c2sc2ccccc23)c1. The van der Waals surface area contributed by atoms with Gasteiger partial charge in [0.05, 0.1) is 10.4 Å². The molecule has 3 heteroatoms. The Morgan fingerprint density at radius 1 is 0.395 bits per heavy atom. The number of fused-ring (bicyclic) bond motifs is 7. The second-order valence-electron chi connectivity index (χ2n) is 10.9. The summed E-state index contributed by atoms with van der Waals surface area (Å²) in [4.78, 5) is 2.45. The lowest BCUT2D eigenvalue weighted by atomic mass is 9.97. The monoisotopic (exact) mass is 583 g/mol. The molecule has 0 unspecified atom stereocenters. The molecule has 0 spiro atoms. The molecule has 7 aromatic carbocycles. The number of hydrogen-bond acceptors (Lipinski definition) is 3. The molecule has 0 saturated carbocycles. The van der Waals surface area contributed by atoms with Gasteiger partial charge in [-0.25, -0.2) is 0 Å². The van der Waals surface area contributed by atoms with Crippen molar-refractivity contribution in [2.75, 3.05) is 4.90 Å². The number of hydrogen-bond donors (Lipinski definition) is 0. The van der Waals surface area contributed by atoms with Gasteiger partial charge in [0.25, 0.3) is 0 Å². The number of benzene rings is 7. The highest BCUT2D eigenvalue weighted by molar-refractivity contribution is 7.26. The first-order valence-corrected chi connectivity index (χ1v) is 16.1. The molecule has 0 aliphatic heterocycles. The van der Waals surface area contributed by atoms with E-state index in [9.17, 15) is 0 Å². The second kappa shape index (κ2) is 9.81. The van der Waals surface area contributed by atoms with Crippen molar-refractivity contribution in [1.82, 2.24) is 0 Å². The van der Waals surface area contributed by atoms with Gasteiger partial charge in [0.1, 0.15) is 0 Å². The summed E-state index contributed by atoms with van der Waals surface area (Å²) in [7, 11) is 0. The second-order valence-corrected chi connectivity index (χ2v) is 13.1. The third kappa shape index (κ3) is 3.97. The summed E-state index contributed by atoms with van der Waals surface area (Å²) in [6.07, 6.45) is 0. The van der Waals surface area contributed by atoms with Crippen LogP contribution in [0.5, 0.6) is 0 Å². The molecule has 0 aliphatic carbocycles. The first kappa shape index (κ1) is 24.6. The fourth-order valence-electron chi connectivity index (χ4n) is 6.48. The van der Waals surface area contributed by atoms with Gasteiger partial charge in [-0.2, -0.15) is 0 Å². The van der Waals surface area contributed by atoms with E-state index in [1.807, 2.05) is 22.7 Å². The molecule has 0 amide bonds. The van der Waals surface area contributed by atoms with Crippen LogP contribution in [-0.4, -0.2) is 0 Å². The van der Waals surface area contributed by atoms with Crippen molar-refractivity contribution in [2.45, 2.75) is 0 Å². The fourth-order valence-corrected chi connectivity index (χ4v) is 8.82. The number of rotatable bonds is 4. The quantitative estimate of drug-likeness (QED) is 0.199. The lowest BCUT2D eigenvalue weighted by molar-refractivity contribution is 1.31. The van der Waals surface area contributed by atoms with Gasteiger partial charge in [0.2, 0.25) is 0 Å². The summed E-state index contributed by atoms with van der Waals surface area (Å²) in [6.45, 7) is 0. The van der Waals surface area contributed by atoms with Gasteiger partial charge in [0.15, 0.2) is 0 Å². The number of thiophene rings is 2. The molecule has 0 fully saturated rings. The minimum Gasteiger partial charge on any atom is -0.309 e. The predicted octanol–water partition coefficient (Wildman–Crippen LogP) is 12.7. The molecule has 0 bridgehead atoms. The Morgan fingerprint density at radius 2 is 1.02 bits per heavy atom. The Morgan fingerprint density at radius 3 is 1.91 bits per heavy atom. The first-order chi connectivity index (χ1) is 21.3. The maximum atomic E-state index is 2.45. The lowest BCUT2D eigenvalue weighted by Crippen LogP contribution is -2.10. The van der Waals surface area contributed by atoms with E-state index in [-0.39, 0.29) is 0 Å². The maximum absolute atomic E-state index is 2.45. The van der Waals surface area contributed by atoms with Gasteiger partial charge in [0, 0.05) is 47.0 Å². The summed E-state index contributed by atoms with van der Waals surface area (Å²) >= 11 is 3.75. The molecule has 0 saturated heterocycles. The van der Waals surface area contributed by atoms with E-state index < -0.39 is 0 Å². The average molecular weight is 584 g/mol. The molecule has 0 radical (unpaired) electrons. The lowest BCUT2D eigenvalue weighted by Gasteiger charge is -2.27. The molecule has 1 nitrogen and oxygen atoms in total. The number of anilines is 3. The van der Waals surface area contributed by atoms with Crippen LogP contribution in [0.2, 0.25) is 0 Å². The molecule has 0 atom stereocenters. The van der Waals surface area contributed by atoms with Gasteiger partial charge < -0.3 is 4.90 Å². The molecule has 0 aliphatic rings. The molecule has 2 aromatic heterocycles. The molecule has 43 heavy (non-hydrogen) atoms. The van der Waals surface area contributed by atoms with Crippen LogP contribution in [0.15, 0.2) is 152 Å². The van der Waals surface area contributed by atoms with E-state index in [0.29, 0.717) is 0 Å². The van der Waals surface area contributed by atoms with Crippen molar-refractivity contribution in [3.63, 3.8) is 0 Å². The highest BCUT2D eigenvalue weighted by Crippen LogP contribution is 2.46. The molecular formula is C40H25NS2. The average Bonchev–Trinajstić information content (AvgIpc) is 3.63. The van der Waals surface area contributed by atoms with Gasteiger partial charge in [-0.1, -0.05) is 109 Å². The third-order valence-corrected chi connectivity index (χ3v) is 10.8. The predicted molar refractivity (Wildman–Crippen MR) is 190 cm³/mol. The van der Waals surface area contributed by atoms with Gasteiger partial charge >= 0.3 is 0 Å². The van der Waals surface area contributed by atoms with Crippen LogP contribution in [0.3, 0.4) is 0 Å². The molecule has 202 valence electrons. The van der Waals surface area contributed by atoms with Crippen LogP contribution < -0.4 is 4.90 Å². The van der Waals surface area contributed by atoms with E-state index in [4.69, 9.17) is 0 Å². The molecule has 9 aromatic rings. The van der Waals surface area contributed by atoms with Crippen molar-refractivity contribution in [3.05, 3.63) is 152 Å². The van der Waals surface area contributed by atoms with E-state index in [1.54, 1.807) is 0 Å². The Hall–Kier alpha value is -4.96. The van der Waals surface area contributed by atoms with E-state index in [2.05, 4.69) is 157 Å². The third-order valence-electron chi connectivity index (χ3n) is 8.45. The van der Waals surface area contributed by atoms with Crippen molar-refractivity contribution in [1.29, 1.82) is 0 Å². The van der Waals surface area contributed by atoms with Gasteiger partial charge in [-0.05, 0) is 64.4 Å². The maximum Gasteiger partial charge on any atom is 0.0640 e. The van der Waals surface area contributed by atoms with Crippen molar-refractivity contribution < 1.29 is 0 Å². The fraction of sp³-hybridized carbons (Fsp3) is 0. The normalized spacial score (nSPS) is 11.7. The minimum absolute atomic E-state index is 1.15. The zero-order chi connectivity index (χ0) is 28.3. The van der Waals surface area contributed by atoms with E-state index in [1.165, 1.54) is 73.6 Å². The van der Waals surface area contributed by atoms with Crippen LogP contribution in [0.25, 0.3) is 62.2 Å². The Balaban J connectivity index is 1.30. The highest BCUT2D eigenvalue weighted by atomic mass is 32.1. The van der Waals surface area contributed by atoms with Crippen molar-refractivity contribution >= 4 is 90.9 Å². The summed E-state index contributed by atoms with van der Waals surface area (Å²) in [6, 6.07) is 55.5. The Bertz CT molecular complexity index is 2480. The molecule has 0 N–H and O–H groups in total. The smallest absolute Gasteiger partial charge is 0.0640 e.